The number of halogens is 1. The van der Waals surface area contributed by atoms with Crippen LogP contribution in [-0.2, 0) is 6.54 Å². The van der Waals surface area contributed by atoms with Gasteiger partial charge in [0.25, 0.3) is 0 Å². The van der Waals surface area contributed by atoms with Crippen molar-refractivity contribution in [2.24, 2.45) is 0 Å². The van der Waals surface area contributed by atoms with Crippen molar-refractivity contribution in [1.82, 2.24) is 14.5 Å². The van der Waals surface area contributed by atoms with Crippen molar-refractivity contribution in [2.75, 3.05) is 19.6 Å². The summed E-state index contributed by atoms with van der Waals surface area (Å²) in [5.74, 6) is 0. The molecule has 98 valence electrons. The number of rotatable bonds is 6. The van der Waals surface area contributed by atoms with Crippen LogP contribution >= 0.6 is 11.6 Å². The topological polar surface area (TPSA) is 21.1 Å². The summed E-state index contributed by atoms with van der Waals surface area (Å²) in [6.07, 6.45) is 3.05. The second-order valence-corrected chi connectivity index (χ2v) is 4.89. The van der Waals surface area contributed by atoms with Crippen molar-refractivity contribution in [3.05, 3.63) is 29.5 Å². The Kier molecular flexibility index (Phi) is 4.61. The van der Waals surface area contributed by atoms with Crippen molar-refractivity contribution >= 4 is 22.6 Å². The summed E-state index contributed by atoms with van der Waals surface area (Å²) < 4.78 is 2.20. The van der Waals surface area contributed by atoms with E-state index in [1.165, 1.54) is 5.52 Å². The zero-order chi connectivity index (χ0) is 13.0. The van der Waals surface area contributed by atoms with E-state index in [1.807, 2.05) is 24.5 Å². The third-order valence-electron chi connectivity index (χ3n) is 3.35. The molecule has 0 N–H and O–H groups in total. The van der Waals surface area contributed by atoms with Crippen LogP contribution in [-0.4, -0.2) is 34.1 Å². The maximum absolute atomic E-state index is 5.96. The number of hydrogen-bond donors (Lipinski definition) is 0. The SMILES string of the molecule is CCN(CC)CCCn1cnc2cc(Cl)ccc21. The number of hydrogen-bond acceptors (Lipinski definition) is 2. The Labute approximate surface area is 113 Å². The highest BCUT2D eigenvalue weighted by molar-refractivity contribution is 6.31. The fourth-order valence-corrected chi connectivity index (χ4v) is 2.39. The average molecular weight is 266 g/mol. The van der Waals surface area contributed by atoms with Crippen LogP contribution in [0.1, 0.15) is 20.3 Å². The highest BCUT2D eigenvalue weighted by Gasteiger charge is 2.04. The van der Waals surface area contributed by atoms with Gasteiger partial charge in [0.15, 0.2) is 0 Å². The first-order valence-electron chi connectivity index (χ1n) is 6.57. The van der Waals surface area contributed by atoms with Crippen molar-refractivity contribution in [2.45, 2.75) is 26.8 Å². The summed E-state index contributed by atoms with van der Waals surface area (Å²) in [5, 5.41) is 0.746. The smallest absolute Gasteiger partial charge is 0.0958 e. The van der Waals surface area contributed by atoms with Gasteiger partial charge >= 0.3 is 0 Å². The van der Waals surface area contributed by atoms with Gasteiger partial charge in [-0.3, -0.25) is 0 Å². The third-order valence-corrected chi connectivity index (χ3v) is 3.59. The molecule has 2 aromatic rings. The number of imidazole rings is 1. The predicted molar refractivity (Wildman–Crippen MR) is 77.1 cm³/mol. The monoisotopic (exact) mass is 265 g/mol. The minimum Gasteiger partial charge on any atom is -0.331 e. The predicted octanol–water partition coefficient (Wildman–Crippen LogP) is 3.42. The lowest BCUT2D eigenvalue weighted by atomic mass is 10.3. The molecule has 0 aliphatic rings. The molecule has 1 heterocycles. The van der Waals surface area contributed by atoms with Gasteiger partial charge < -0.3 is 9.47 Å². The third kappa shape index (κ3) is 3.03. The summed E-state index contributed by atoms with van der Waals surface area (Å²) in [6, 6.07) is 5.88. The molecule has 0 spiro atoms. The largest absolute Gasteiger partial charge is 0.331 e. The van der Waals surface area contributed by atoms with Gasteiger partial charge in [0.05, 0.1) is 17.4 Å². The van der Waals surface area contributed by atoms with E-state index in [9.17, 15) is 0 Å². The highest BCUT2D eigenvalue weighted by atomic mass is 35.5. The van der Waals surface area contributed by atoms with E-state index in [0.29, 0.717) is 0 Å². The van der Waals surface area contributed by atoms with Crippen molar-refractivity contribution in [3.63, 3.8) is 0 Å². The molecular formula is C14H20ClN3. The molecule has 0 saturated carbocycles. The molecule has 0 fully saturated rings. The van der Waals surface area contributed by atoms with Gasteiger partial charge in [-0.05, 0) is 44.3 Å². The molecule has 3 nitrogen and oxygen atoms in total. The van der Waals surface area contributed by atoms with Crippen LogP contribution in [0.3, 0.4) is 0 Å². The Morgan fingerprint density at radius 1 is 1.28 bits per heavy atom. The Hall–Kier alpha value is -1.06. The van der Waals surface area contributed by atoms with Gasteiger partial charge in [0.1, 0.15) is 0 Å². The normalized spacial score (nSPS) is 11.6. The van der Waals surface area contributed by atoms with Crippen LogP contribution < -0.4 is 0 Å². The van der Waals surface area contributed by atoms with E-state index in [-0.39, 0.29) is 0 Å². The molecule has 0 unspecified atom stereocenters. The molecule has 0 aliphatic carbocycles. The lowest BCUT2D eigenvalue weighted by Crippen LogP contribution is -2.24. The van der Waals surface area contributed by atoms with Gasteiger partial charge in [-0.1, -0.05) is 25.4 Å². The van der Waals surface area contributed by atoms with E-state index in [2.05, 4.69) is 28.3 Å². The Balaban J connectivity index is 2.00. The van der Waals surface area contributed by atoms with E-state index >= 15 is 0 Å². The summed E-state index contributed by atoms with van der Waals surface area (Å²) >= 11 is 5.96. The van der Waals surface area contributed by atoms with Crippen molar-refractivity contribution in [3.8, 4) is 0 Å². The zero-order valence-corrected chi connectivity index (χ0v) is 11.8. The Bertz CT molecular complexity index is 503. The van der Waals surface area contributed by atoms with Crippen LogP contribution in [0, 0.1) is 0 Å². The number of aryl methyl sites for hydroxylation is 1. The molecule has 0 atom stereocenters. The molecule has 18 heavy (non-hydrogen) atoms. The van der Waals surface area contributed by atoms with Crippen LogP contribution in [0.2, 0.25) is 5.02 Å². The molecule has 2 rings (SSSR count). The van der Waals surface area contributed by atoms with Gasteiger partial charge in [0.2, 0.25) is 0 Å². The Morgan fingerprint density at radius 2 is 2.06 bits per heavy atom. The van der Waals surface area contributed by atoms with Gasteiger partial charge in [-0.15, -0.1) is 0 Å². The number of fused-ring (bicyclic) bond motifs is 1. The summed E-state index contributed by atoms with van der Waals surface area (Å²) in [6.45, 7) is 8.80. The molecular weight excluding hydrogens is 246 g/mol. The quantitative estimate of drug-likeness (QED) is 0.798. The molecule has 0 bridgehead atoms. The van der Waals surface area contributed by atoms with E-state index in [0.717, 1.165) is 43.1 Å². The number of aromatic nitrogens is 2. The van der Waals surface area contributed by atoms with Crippen LogP contribution in [0.5, 0.6) is 0 Å². The van der Waals surface area contributed by atoms with Crippen LogP contribution in [0.4, 0.5) is 0 Å². The molecule has 1 aromatic carbocycles. The van der Waals surface area contributed by atoms with E-state index in [1.54, 1.807) is 0 Å². The van der Waals surface area contributed by atoms with Crippen molar-refractivity contribution < 1.29 is 0 Å². The Morgan fingerprint density at radius 3 is 2.78 bits per heavy atom. The second-order valence-electron chi connectivity index (χ2n) is 4.45. The van der Waals surface area contributed by atoms with Gasteiger partial charge in [-0.2, -0.15) is 0 Å². The lowest BCUT2D eigenvalue weighted by molar-refractivity contribution is 0.294. The molecule has 4 heteroatoms. The summed E-state index contributed by atoms with van der Waals surface area (Å²) in [7, 11) is 0. The molecule has 0 radical (unpaired) electrons. The molecule has 0 saturated heterocycles. The van der Waals surface area contributed by atoms with Gasteiger partial charge in [-0.25, -0.2) is 4.98 Å². The highest BCUT2D eigenvalue weighted by Crippen LogP contribution is 2.18. The summed E-state index contributed by atoms with van der Waals surface area (Å²) in [5.41, 5.74) is 2.14. The number of nitrogens with zero attached hydrogens (tertiary/aromatic N) is 3. The molecule has 1 aromatic heterocycles. The maximum Gasteiger partial charge on any atom is 0.0958 e. The average Bonchev–Trinajstić information content (AvgIpc) is 2.77. The molecule has 0 amide bonds. The van der Waals surface area contributed by atoms with Crippen LogP contribution in [0.15, 0.2) is 24.5 Å². The first-order chi connectivity index (χ1) is 8.74. The first-order valence-corrected chi connectivity index (χ1v) is 6.95. The summed E-state index contributed by atoms with van der Waals surface area (Å²) in [4.78, 5) is 6.82. The van der Waals surface area contributed by atoms with Crippen LogP contribution in [0.25, 0.3) is 11.0 Å². The van der Waals surface area contributed by atoms with Gasteiger partial charge in [0, 0.05) is 11.6 Å². The first kappa shape index (κ1) is 13.4. The lowest BCUT2D eigenvalue weighted by Gasteiger charge is -2.17. The maximum atomic E-state index is 5.96. The molecule has 0 aliphatic heterocycles. The second kappa shape index (κ2) is 6.21. The standard InChI is InChI=1S/C14H20ClN3/c1-3-17(4-2)8-5-9-18-11-16-13-10-12(15)6-7-14(13)18/h6-7,10-11H,3-5,8-9H2,1-2H3. The minimum absolute atomic E-state index is 0.746. The fourth-order valence-electron chi connectivity index (χ4n) is 2.22. The number of benzene rings is 1. The zero-order valence-electron chi connectivity index (χ0n) is 11.1. The van der Waals surface area contributed by atoms with E-state index < -0.39 is 0 Å². The van der Waals surface area contributed by atoms with Crippen molar-refractivity contribution in [1.29, 1.82) is 0 Å². The fraction of sp³-hybridized carbons (Fsp3) is 0.500. The minimum atomic E-state index is 0.746. The van der Waals surface area contributed by atoms with E-state index in [4.69, 9.17) is 11.6 Å².